The zero-order valence-corrected chi connectivity index (χ0v) is 19.0. The Kier molecular flexibility index (Phi) is 8.28. The van der Waals surface area contributed by atoms with E-state index < -0.39 is 52.4 Å². The second-order valence-corrected chi connectivity index (χ2v) is 8.00. The number of aliphatic carboxylic acids is 1. The van der Waals surface area contributed by atoms with Crippen molar-refractivity contribution >= 4 is 23.1 Å². The maximum absolute atomic E-state index is 14.7. The van der Waals surface area contributed by atoms with Crippen molar-refractivity contribution in [3.05, 3.63) is 64.5 Å². The van der Waals surface area contributed by atoms with E-state index in [4.69, 9.17) is 0 Å². The van der Waals surface area contributed by atoms with E-state index in [9.17, 15) is 41.4 Å². The molecule has 3 rings (SSSR count). The molecule has 1 aliphatic rings. The molecule has 0 saturated carbocycles. The second kappa shape index (κ2) is 11.0. The molecule has 0 aliphatic carbocycles. The monoisotopic (exact) mass is 516 g/mol. The van der Waals surface area contributed by atoms with Crippen molar-refractivity contribution < 1.29 is 46.1 Å². The molecule has 6 nitrogen and oxygen atoms in total. The highest BCUT2D eigenvalue weighted by molar-refractivity contribution is 6.24. The van der Waals surface area contributed by atoms with Crippen molar-refractivity contribution in [2.45, 2.75) is 39.1 Å². The van der Waals surface area contributed by atoms with Gasteiger partial charge in [0.15, 0.2) is 11.6 Å². The van der Waals surface area contributed by atoms with E-state index >= 15 is 0 Å². The number of rotatable bonds is 8. The van der Waals surface area contributed by atoms with Gasteiger partial charge in [0.2, 0.25) is 11.6 Å². The Bertz CT molecular complexity index is 1190. The van der Waals surface area contributed by atoms with Crippen LogP contribution < -0.4 is 4.74 Å². The zero-order chi connectivity index (χ0) is 26.6. The van der Waals surface area contributed by atoms with Crippen LogP contribution in [0.4, 0.5) is 32.0 Å². The molecular formula is C24H22F6N2O4. The van der Waals surface area contributed by atoms with Crippen LogP contribution in [-0.2, 0) is 11.3 Å². The first-order chi connectivity index (χ1) is 16.9. The van der Waals surface area contributed by atoms with Gasteiger partial charge in [0.25, 0.3) is 0 Å². The lowest BCUT2D eigenvalue weighted by Gasteiger charge is -2.15. The molecule has 0 radical (unpaired) electrons. The average molecular weight is 516 g/mol. The number of carboxylic acids is 1. The SMILES string of the molecule is CCC(=Nc1ccc(CN2CCCC2)cc1)C(C(=O)O)=C(O)c1cc(F)c(F)c(OC(F)(F)F)c1F. The summed E-state index contributed by atoms with van der Waals surface area (Å²) in [5, 5.41) is 20.2. The summed E-state index contributed by atoms with van der Waals surface area (Å²) in [6.45, 7) is 4.17. The molecule has 0 aromatic heterocycles. The first-order valence-corrected chi connectivity index (χ1v) is 10.9. The van der Waals surface area contributed by atoms with Gasteiger partial charge in [-0.1, -0.05) is 19.1 Å². The highest BCUT2D eigenvalue weighted by Crippen LogP contribution is 2.35. The second-order valence-electron chi connectivity index (χ2n) is 8.00. The fraction of sp³-hybridized carbons (Fsp3) is 0.333. The van der Waals surface area contributed by atoms with Crippen LogP contribution in [0.15, 0.2) is 40.9 Å². The standard InChI is InChI=1S/C24H22F6N2O4/c1-2-17(31-14-7-5-13(6-8-14)12-32-9-3-4-10-32)18(23(34)35)21(33)15-11-16(25)20(27)22(19(15)26)36-24(28,29)30/h5-8,11,33H,2-4,9-10,12H2,1H3,(H,34,35). The number of aliphatic imine (C=N–C) groups is 1. The number of alkyl halides is 3. The number of likely N-dealkylation sites (tertiary alicyclic amines) is 1. The molecule has 0 atom stereocenters. The highest BCUT2D eigenvalue weighted by Gasteiger charge is 2.37. The van der Waals surface area contributed by atoms with E-state index in [0.717, 1.165) is 38.0 Å². The smallest absolute Gasteiger partial charge is 0.506 e. The number of aliphatic hydroxyl groups is 1. The minimum Gasteiger partial charge on any atom is -0.506 e. The third-order valence-electron chi connectivity index (χ3n) is 5.47. The maximum Gasteiger partial charge on any atom is 0.573 e. The average Bonchev–Trinajstić information content (AvgIpc) is 3.32. The van der Waals surface area contributed by atoms with Crippen LogP contribution in [0.3, 0.4) is 0 Å². The third-order valence-corrected chi connectivity index (χ3v) is 5.47. The van der Waals surface area contributed by atoms with Crippen molar-refractivity contribution in [2.24, 2.45) is 4.99 Å². The Balaban J connectivity index is 2.03. The fourth-order valence-electron chi connectivity index (χ4n) is 3.80. The topological polar surface area (TPSA) is 82.4 Å². The molecule has 36 heavy (non-hydrogen) atoms. The molecule has 2 aromatic carbocycles. The first-order valence-electron chi connectivity index (χ1n) is 10.9. The minimum atomic E-state index is -5.58. The molecule has 0 unspecified atom stereocenters. The quantitative estimate of drug-likeness (QED) is 0.145. The fourth-order valence-corrected chi connectivity index (χ4v) is 3.80. The van der Waals surface area contributed by atoms with Crippen LogP contribution in [0.1, 0.15) is 37.3 Å². The largest absolute Gasteiger partial charge is 0.573 e. The lowest BCUT2D eigenvalue weighted by molar-refractivity contribution is -0.276. The molecule has 0 bridgehead atoms. The number of carboxylic acid groups (broad SMARTS) is 1. The summed E-state index contributed by atoms with van der Waals surface area (Å²) in [7, 11) is 0. The summed E-state index contributed by atoms with van der Waals surface area (Å²) in [4.78, 5) is 18.4. The molecule has 1 saturated heterocycles. The number of benzene rings is 2. The molecule has 194 valence electrons. The maximum atomic E-state index is 14.7. The van der Waals surface area contributed by atoms with Gasteiger partial charge < -0.3 is 14.9 Å². The summed E-state index contributed by atoms with van der Waals surface area (Å²) in [5.74, 6) is -11.9. The van der Waals surface area contributed by atoms with Gasteiger partial charge in [0.1, 0.15) is 11.3 Å². The molecule has 1 aliphatic heterocycles. The molecule has 1 fully saturated rings. The Morgan fingerprint density at radius 1 is 1.06 bits per heavy atom. The summed E-state index contributed by atoms with van der Waals surface area (Å²) in [6.07, 6.45) is -3.45. The molecule has 2 N–H and O–H groups in total. The number of nitrogens with zero attached hydrogens (tertiary/aromatic N) is 2. The van der Waals surface area contributed by atoms with Gasteiger partial charge >= 0.3 is 12.3 Å². The van der Waals surface area contributed by atoms with E-state index in [1.165, 1.54) is 6.92 Å². The summed E-state index contributed by atoms with van der Waals surface area (Å²) >= 11 is 0. The van der Waals surface area contributed by atoms with Gasteiger partial charge in [0, 0.05) is 6.54 Å². The van der Waals surface area contributed by atoms with E-state index in [2.05, 4.69) is 14.6 Å². The summed E-state index contributed by atoms with van der Waals surface area (Å²) in [6, 6.07) is 6.80. The van der Waals surface area contributed by atoms with Crippen LogP contribution in [0.2, 0.25) is 0 Å². The number of halogens is 6. The van der Waals surface area contributed by atoms with E-state index in [0.29, 0.717) is 0 Å². The van der Waals surface area contributed by atoms with Crippen molar-refractivity contribution in [3.8, 4) is 5.75 Å². The highest BCUT2D eigenvalue weighted by atomic mass is 19.4. The van der Waals surface area contributed by atoms with Gasteiger partial charge in [-0.25, -0.2) is 13.6 Å². The molecule has 0 amide bonds. The lowest BCUT2D eigenvalue weighted by atomic mass is 10.0. The molecule has 2 aromatic rings. The number of hydrogen-bond acceptors (Lipinski definition) is 5. The lowest BCUT2D eigenvalue weighted by Crippen LogP contribution is -2.20. The van der Waals surface area contributed by atoms with Crippen molar-refractivity contribution in [1.82, 2.24) is 4.90 Å². The Morgan fingerprint density at radius 3 is 2.19 bits per heavy atom. The predicted molar refractivity (Wildman–Crippen MR) is 119 cm³/mol. The summed E-state index contributed by atoms with van der Waals surface area (Å²) in [5.41, 5.74) is -1.34. The van der Waals surface area contributed by atoms with Crippen LogP contribution >= 0.6 is 0 Å². The van der Waals surface area contributed by atoms with Crippen LogP contribution in [-0.4, -0.2) is 46.2 Å². The van der Waals surface area contributed by atoms with Gasteiger partial charge in [0.05, 0.1) is 17.0 Å². The van der Waals surface area contributed by atoms with Crippen LogP contribution in [0, 0.1) is 17.5 Å². The predicted octanol–water partition coefficient (Wildman–Crippen LogP) is 6.13. The third kappa shape index (κ3) is 6.36. The van der Waals surface area contributed by atoms with E-state index in [1.54, 1.807) is 24.3 Å². The number of carbonyl (C=O) groups is 1. The van der Waals surface area contributed by atoms with Crippen molar-refractivity contribution in [1.29, 1.82) is 0 Å². The summed E-state index contributed by atoms with van der Waals surface area (Å²) < 4.78 is 83.2. The van der Waals surface area contributed by atoms with Gasteiger partial charge in [-0.2, -0.15) is 4.39 Å². The molecule has 12 heteroatoms. The molecule has 1 heterocycles. The molecular weight excluding hydrogens is 494 g/mol. The van der Waals surface area contributed by atoms with Crippen LogP contribution in [0.25, 0.3) is 5.76 Å². The Labute approximate surface area is 202 Å². The van der Waals surface area contributed by atoms with Crippen molar-refractivity contribution in [2.75, 3.05) is 13.1 Å². The Morgan fingerprint density at radius 2 is 1.67 bits per heavy atom. The van der Waals surface area contributed by atoms with Gasteiger partial charge in [-0.3, -0.25) is 9.89 Å². The van der Waals surface area contributed by atoms with E-state index in [1.807, 2.05) is 0 Å². The van der Waals surface area contributed by atoms with Crippen LogP contribution in [0.5, 0.6) is 5.75 Å². The van der Waals surface area contributed by atoms with Crippen molar-refractivity contribution in [3.63, 3.8) is 0 Å². The zero-order valence-electron chi connectivity index (χ0n) is 19.0. The minimum absolute atomic E-state index is 0.0343. The number of aliphatic hydroxyl groups excluding tert-OH is 1. The van der Waals surface area contributed by atoms with E-state index in [-0.39, 0.29) is 23.9 Å². The van der Waals surface area contributed by atoms with Gasteiger partial charge in [-0.05, 0) is 56.1 Å². The first kappa shape index (κ1) is 27.1. The molecule has 0 spiro atoms. The Hall–Kier alpha value is -3.54. The normalized spacial score (nSPS) is 15.7. The number of hydrogen-bond donors (Lipinski definition) is 2. The van der Waals surface area contributed by atoms with Gasteiger partial charge in [-0.15, -0.1) is 13.2 Å². The number of ether oxygens (including phenoxy) is 1.